The summed E-state index contributed by atoms with van der Waals surface area (Å²) in [4.78, 5) is 6.92. The van der Waals surface area contributed by atoms with Gasteiger partial charge in [-0.1, -0.05) is 22.9 Å². The van der Waals surface area contributed by atoms with Crippen LogP contribution in [0.4, 0.5) is 5.13 Å². The van der Waals surface area contributed by atoms with Crippen LogP contribution in [0.5, 0.6) is 0 Å². The van der Waals surface area contributed by atoms with E-state index < -0.39 is 0 Å². The van der Waals surface area contributed by atoms with Crippen molar-refractivity contribution in [2.24, 2.45) is 11.7 Å². The summed E-state index contributed by atoms with van der Waals surface area (Å²) in [5.41, 5.74) is 5.91. The Labute approximate surface area is 110 Å². The van der Waals surface area contributed by atoms with Gasteiger partial charge in [-0.25, -0.2) is 4.98 Å². The number of nitriles is 1. The van der Waals surface area contributed by atoms with Crippen molar-refractivity contribution in [3.8, 4) is 6.07 Å². The minimum Gasteiger partial charge on any atom is -0.348 e. The van der Waals surface area contributed by atoms with Gasteiger partial charge in [0.1, 0.15) is 10.9 Å². The molecule has 1 unspecified atom stereocenters. The van der Waals surface area contributed by atoms with Crippen molar-refractivity contribution in [2.45, 2.75) is 25.8 Å². The van der Waals surface area contributed by atoms with Crippen molar-refractivity contribution in [2.75, 3.05) is 18.0 Å². The van der Waals surface area contributed by atoms with Crippen LogP contribution in [0, 0.1) is 17.2 Å². The van der Waals surface area contributed by atoms with Crippen LogP contribution in [0.15, 0.2) is 0 Å². The Morgan fingerprint density at radius 1 is 1.59 bits per heavy atom. The molecule has 1 saturated heterocycles. The number of rotatable bonds is 2. The lowest BCUT2D eigenvalue weighted by molar-refractivity contribution is 0.354. The average Bonchev–Trinajstić information content (AvgIpc) is 2.70. The Kier molecular flexibility index (Phi) is 3.87. The molecular formula is C11H15ClN4S. The van der Waals surface area contributed by atoms with Gasteiger partial charge in [-0.3, -0.25) is 0 Å². The van der Waals surface area contributed by atoms with E-state index in [4.69, 9.17) is 22.6 Å². The molecule has 2 rings (SSSR count). The van der Waals surface area contributed by atoms with Crippen LogP contribution >= 0.6 is 22.9 Å². The first-order valence-corrected chi connectivity index (χ1v) is 6.88. The number of hydrogen-bond acceptors (Lipinski definition) is 5. The normalized spacial score (nSPS) is 19.1. The fourth-order valence-corrected chi connectivity index (χ4v) is 3.21. The van der Waals surface area contributed by atoms with Gasteiger partial charge in [0.2, 0.25) is 0 Å². The Bertz CT molecular complexity index is 429. The summed E-state index contributed by atoms with van der Waals surface area (Å²) in [5, 5.41) is 10.0. The zero-order valence-corrected chi connectivity index (χ0v) is 11.3. The maximum atomic E-state index is 8.85. The molecule has 0 spiro atoms. The molecule has 1 aromatic heterocycles. The second-order valence-electron chi connectivity index (χ2n) is 4.41. The van der Waals surface area contributed by atoms with E-state index in [9.17, 15) is 0 Å². The van der Waals surface area contributed by atoms with E-state index in [-0.39, 0.29) is 6.04 Å². The highest BCUT2D eigenvalue weighted by atomic mass is 35.5. The Morgan fingerprint density at radius 3 is 2.71 bits per heavy atom. The van der Waals surface area contributed by atoms with Crippen molar-refractivity contribution >= 4 is 28.1 Å². The Hall–Kier alpha value is -0.830. The molecule has 0 aliphatic carbocycles. The first-order valence-electron chi connectivity index (χ1n) is 5.68. The number of anilines is 1. The monoisotopic (exact) mass is 270 g/mol. The van der Waals surface area contributed by atoms with E-state index in [0.717, 1.165) is 31.1 Å². The smallest absolute Gasteiger partial charge is 0.188 e. The van der Waals surface area contributed by atoms with E-state index in [0.29, 0.717) is 15.9 Å². The highest BCUT2D eigenvalue weighted by molar-refractivity contribution is 7.16. The maximum absolute atomic E-state index is 8.85. The number of halogens is 1. The fraction of sp³-hybridized carbons (Fsp3) is 0.636. The number of nitrogens with zero attached hydrogens (tertiary/aromatic N) is 3. The van der Waals surface area contributed by atoms with Gasteiger partial charge in [-0.2, -0.15) is 5.26 Å². The molecule has 1 aliphatic rings. The van der Waals surface area contributed by atoms with E-state index in [2.05, 4.69) is 22.9 Å². The molecular weight excluding hydrogens is 256 g/mol. The van der Waals surface area contributed by atoms with Crippen molar-refractivity contribution in [1.29, 1.82) is 5.26 Å². The first kappa shape index (κ1) is 12.6. The molecule has 0 radical (unpaired) electrons. The number of piperidine rings is 1. The molecule has 6 heteroatoms. The van der Waals surface area contributed by atoms with Crippen LogP contribution < -0.4 is 10.6 Å². The van der Waals surface area contributed by atoms with Gasteiger partial charge in [0.05, 0.1) is 0 Å². The summed E-state index contributed by atoms with van der Waals surface area (Å²) in [6.45, 7) is 3.95. The van der Waals surface area contributed by atoms with Crippen LogP contribution in [0.3, 0.4) is 0 Å². The summed E-state index contributed by atoms with van der Waals surface area (Å²) < 4.78 is 0. The minimum absolute atomic E-state index is 0.256. The summed E-state index contributed by atoms with van der Waals surface area (Å²) in [7, 11) is 0. The maximum Gasteiger partial charge on any atom is 0.188 e. The number of nitrogens with two attached hydrogens (primary N) is 1. The molecule has 0 bridgehead atoms. The predicted octanol–water partition coefficient (Wildman–Crippen LogP) is 2.23. The Morgan fingerprint density at radius 2 is 2.24 bits per heavy atom. The molecule has 1 fully saturated rings. The van der Waals surface area contributed by atoms with Crippen LogP contribution in [-0.4, -0.2) is 24.1 Å². The minimum atomic E-state index is 0.256. The van der Waals surface area contributed by atoms with Gasteiger partial charge in [-0.15, -0.1) is 0 Å². The summed E-state index contributed by atoms with van der Waals surface area (Å²) >= 11 is 7.24. The van der Waals surface area contributed by atoms with Crippen molar-refractivity contribution < 1.29 is 0 Å². The van der Waals surface area contributed by atoms with E-state index in [1.165, 1.54) is 11.3 Å². The molecule has 17 heavy (non-hydrogen) atoms. The molecule has 0 amide bonds. The van der Waals surface area contributed by atoms with Gasteiger partial charge in [0.15, 0.2) is 10.3 Å². The Balaban J connectivity index is 2.03. The molecule has 2 heterocycles. The van der Waals surface area contributed by atoms with Crippen molar-refractivity contribution in [3.05, 3.63) is 10.0 Å². The van der Waals surface area contributed by atoms with Crippen LogP contribution in [-0.2, 0) is 0 Å². The molecule has 2 N–H and O–H groups in total. The van der Waals surface area contributed by atoms with Crippen molar-refractivity contribution in [1.82, 2.24) is 4.98 Å². The highest BCUT2D eigenvalue weighted by Crippen LogP contribution is 2.31. The van der Waals surface area contributed by atoms with Gasteiger partial charge in [0.25, 0.3) is 0 Å². The quantitative estimate of drug-likeness (QED) is 0.895. The number of hydrogen-bond donors (Lipinski definition) is 1. The molecule has 0 saturated carbocycles. The van der Waals surface area contributed by atoms with Gasteiger partial charge in [0, 0.05) is 19.1 Å². The zero-order valence-electron chi connectivity index (χ0n) is 9.69. The first-order chi connectivity index (χ1) is 8.11. The molecule has 1 aliphatic heterocycles. The van der Waals surface area contributed by atoms with E-state index >= 15 is 0 Å². The van der Waals surface area contributed by atoms with Crippen LogP contribution in [0.25, 0.3) is 0 Å². The second kappa shape index (κ2) is 5.21. The predicted molar refractivity (Wildman–Crippen MR) is 70.4 cm³/mol. The standard InChI is InChI=1S/C11H15ClN4S/c1-7(14)8-2-4-16(5-3-8)11-15-10(12)9(6-13)17-11/h7-8H,2-5,14H2,1H3. The van der Waals surface area contributed by atoms with Gasteiger partial charge in [-0.05, 0) is 25.7 Å². The van der Waals surface area contributed by atoms with E-state index in [1.54, 1.807) is 0 Å². The van der Waals surface area contributed by atoms with Gasteiger partial charge >= 0.3 is 0 Å². The molecule has 92 valence electrons. The number of aromatic nitrogens is 1. The fourth-order valence-electron chi connectivity index (χ4n) is 2.11. The molecule has 1 atom stereocenters. The van der Waals surface area contributed by atoms with Gasteiger partial charge < -0.3 is 10.6 Å². The third kappa shape index (κ3) is 2.71. The average molecular weight is 271 g/mol. The molecule has 4 nitrogen and oxygen atoms in total. The lowest BCUT2D eigenvalue weighted by atomic mass is 9.91. The topological polar surface area (TPSA) is 65.9 Å². The zero-order chi connectivity index (χ0) is 12.4. The van der Waals surface area contributed by atoms with Crippen LogP contribution in [0.2, 0.25) is 5.15 Å². The second-order valence-corrected chi connectivity index (χ2v) is 5.75. The summed E-state index contributed by atoms with van der Waals surface area (Å²) in [5.74, 6) is 0.595. The third-order valence-corrected chi connectivity index (χ3v) is 4.64. The van der Waals surface area contributed by atoms with E-state index in [1.807, 2.05) is 0 Å². The van der Waals surface area contributed by atoms with Crippen LogP contribution in [0.1, 0.15) is 24.6 Å². The third-order valence-electron chi connectivity index (χ3n) is 3.23. The largest absolute Gasteiger partial charge is 0.348 e. The summed E-state index contributed by atoms with van der Waals surface area (Å²) in [6, 6.07) is 2.32. The number of thiazole rings is 1. The highest BCUT2D eigenvalue weighted by Gasteiger charge is 2.24. The lowest BCUT2D eigenvalue weighted by Crippen LogP contribution is -2.39. The van der Waals surface area contributed by atoms with Crippen molar-refractivity contribution in [3.63, 3.8) is 0 Å². The summed E-state index contributed by atoms with van der Waals surface area (Å²) in [6.07, 6.45) is 2.16. The SMILES string of the molecule is CC(N)C1CCN(c2nc(Cl)c(C#N)s2)CC1. The lowest BCUT2D eigenvalue weighted by Gasteiger charge is -2.33. The molecule has 0 aromatic carbocycles. The molecule has 1 aromatic rings.